The third-order valence-corrected chi connectivity index (χ3v) is 3.51. The van der Waals surface area contributed by atoms with Crippen molar-refractivity contribution in [1.29, 1.82) is 0 Å². The minimum Gasteiger partial charge on any atom is -0.478 e. The van der Waals surface area contributed by atoms with E-state index in [9.17, 15) is 18.0 Å². The molecule has 0 heterocycles. The van der Waals surface area contributed by atoms with Gasteiger partial charge in [-0.1, -0.05) is 0 Å². The molecule has 0 saturated carbocycles. The molecule has 0 aliphatic heterocycles. The van der Waals surface area contributed by atoms with E-state index in [1.165, 1.54) is 19.9 Å². The van der Waals surface area contributed by atoms with Gasteiger partial charge in [-0.25, -0.2) is 13.2 Å². The van der Waals surface area contributed by atoms with Crippen LogP contribution in [0.3, 0.4) is 0 Å². The van der Waals surface area contributed by atoms with E-state index in [4.69, 9.17) is 5.11 Å². The Labute approximate surface area is 99.0 Å². The summed E-state index contributed by atoms with van der Waals surface area (Å²) in [5.74, 6) is -1.62. The monoisotopic (exact) mass is 256 g/mol. The molecule has 0 spiro atoms. The van der Waals surface area contributed by atoms with Crippen LogP contribution in [0.2, 0.25) is 0 Å². The first kappa shape index (κ1) is 13.4. The molecule has 0 aliphatic carbocycles. The van der Waals surface area contributed by atoms with Crippen molar-refractivity contribution in [2.24, 2.45) is 0 Å². The number of carboxylic acids is 1. The molecule has 0 saturated heterocycles. The number of carbonyl (C=O) groups excluding carboxylic acids is 1. The summed E-state index contributed by atoms with van der Waals surface area (Å²) in [6.07, 6.45) is 0.965. The van der Waals surface area contributed by atoms with Crippen LogP contribution >= 0.6 is 0 Å². The van der Waals surface area contributed by atoms with Gasteiger partial charge < -0.3 is 5.11 Å². The van der Waals surface area contributed by atoms with Gasteiger partial charge in [0.05, 0.1) is 10.5 Å². The lowest BCUT2D eigenvalue weighted by molar-refractivity contribution is 0.0696. The number of sulfone groups is 1. The van der Waals surface area contributed by atoms with Crippen molar-refractivity contribution in [2.45, 2.75) is 18.7 Å². The third-order valence-electron chi connectivity index (χ3n) is 2.42. The molecule has 0 bridgehead atoms. The molecule has 5 nitrogen and oxygen atoms in total. The number of Topliss-reactive ketones (excluding diaryl/α,β-unsaturated/α-hetero) is 1. The first-order chi connectivity index (χ1) is 7.64. The lowest BCUT2D eigenvalue weighted by Gasteiger charge is -2.09. The summed E-state index contributed by atoms with van der Waals surface area (Å²) in [6, 6.07) is 2.28. The van der Waals surface area contributed by atoms with Crippen molar-refractivity contribution in [3.8, 4) is 0 Å². The average molecular weight is 256 g/mol. The maximum absolute atomic E-state index is 11.4. The first-order valence-electron chi connectivity index (χ1n) is 4.73. The fourth-order valence-corrected chi connectivity index (χ4v) is 2.15. The molecule has 0 unspecified atom stereocenters. The van der Waals surface area contributed by atoms with E-state index >= 15 is 0 Å². The Kier molecular flexibility index (Phi) is 3.38. The van der Waals surface area contributed by atoms with E-state index in [0.29, 0.717) is 0 Å². The molecule has 1 N–H and O–H groups in total. The van der Waals surface area contributed by atoms with Crippen LogP contribution in [0.15, 0.2) is 17.0 Å². The minimum atomic E-state index is -3.55. The van der Waals surface area contributed by atoms with E-state index in [1.807, 2.05) is 0 Å². The molecule has 0 amide bonds. The van der Waals surface area contributed by atoms with Gasteiger partial charge in [-0.15, -0.1) is 0 Å². The molecular weight excluding hydrogens is 244 g/mol. The SMILES string of the molecule is CC(=O)c1cc(S(C)(=O)=O)cc(C(=O)O)c1C. The highest BCUT2D eigenvalue weighted by atomic mass is 32.2. The topological polar surface area (TPSA) is 88.5 Å². The number of rotatable bonds is 3. The van der Waals surface area contributed by atoms with Gasteiger partial charge in [0.25, 0.3) is 0 Å². The van der Waals surface area contributed by atoms with Gasteiger partial charge in [0.1, 0.15) is 0 Å². The molecule has 92 valence electrons. The molecule has 17 heavy (non-hydrogen) atoms. The summed E-state index contributed by atoms with van der Waals surface area (Å²) in [5, 5.41) is 8.96. The van der Waals surface area contributed by atoms with Gasteiger partial charge in [0.2, 0.25) is 0 Å². The van der Waals surface area contributed by atoms with E-state index in [-0.39, 0.29) is 27.4 Å². The number of aromatic carboxylic acids is 1. The molecule has 1 aromatic rings. The van der Waals surface area contributed by atoms with Crippen molar-refractivity contribution in [3.05, 3.63) is 28.8 Å². The summed E-state index contributed by atoms with van der Waals surface area (Å²) in [5.41, 5.74) is 0.223. The Morgan fingerprint density at radius 1 is 1.18 bits per heavy atom. The lowest BCUT2D eigenvalue weighted by Crippen LogP contribution is -2.09. The third kappa shape index (κ3) is 2.71. The predicted octanol–water partition coefficient (Wildman–Crippen LogP) is 1.30. The highest BCUT2D eigenvalue weighted by Crippen LogP contribution is 2.21. The van der Waals surface area contributed by atoms with Crippen molar-refractivity contribution < 1.29 is 23.1 Å². The molecule has 0 aliphatic rings. The fraction of sp³-hybridized carbons (Fsp3) is 0.273. The normalized spacial score (nSPS) is 11.2. The zero-order valence-electron chi connectivity index (χ0n) is 9.64. The molecule has 0 aromatic heterocycles. The lowest BCUT2D eigenvalue weighted by atomic mass is 10.00. The molecule has 1 rings (SSSR count). The second-order valence-corrected chi connectivity index (χ2v) is 5.79. The van der Waals surface area contributed by atoms with Crippen LogP contribution in [0.5, 0.6) is 0 Å². The molecule has 0 radical (unpaired) electrons. The van der Waals surface area contributed by atoms with Crippen molar-refractivity contribution in [1.82, 2.24) is 0 Å². The van der Waals surface area contributed by atoms with Gasteiger partial charge in [0, 0.05) is 11.8 Å². The van der Waals surface area contributed by atoms with Crippen LogP contribution in [-0.4, -0.2) is 31.5 Å². The second kappa shape index (κ2) is 4.29. The predicted molar refractivity (Wildman–Crippen MR) is 61.3 cm³/mol. The summed E-state index contributed by atoms with van der Waals surface area (Å²) in [7, 11) is -3.55. The summed E-state index contributed by atoms with van der Waals surface area (Å²) in [4.78, 5) is 22.1. The van der Waals surface area contributed by atoms with Crippen LogP contribution in [0, 0.1) is 6.92 Å². The largest absolute Gasteiger partial charge is 0.478 e. The van der Waals surface area contributed by atoms with Crippen molar-refractivity contribution in [2.75, 3.05) is 6.26 Å². The number of ketones is 1. The number of hydrogen-bond acceptors (Lipinski definition) is 4. The quantitative estimate of drug-likeness (QED) is 0.823. The van der Waals surface area contributed by atoms with Crippen LogP contribution in [0.4, 0.5) is 0 Å². The van der Waals surface area contributed by atoms with Crippen LogP contribution < -0.4 is 0 Å². The van der Waals surface area contributed by atoms with E-state index in [1.54, 1.807) is 0 Å². The van der Waals surface area contributed by atoms with Crippen molar-refractivity contribution in [3.63, 3.8) is 0 Å². The highest BCUT2D eigenvalue weighted by Gasteiger charge is 2.19. The Bertz CT molecular complexity index is 563. The first-order valence-corrected chi connectivity index (χ1v) is 6.62. The average Bonchev–Trinajstić information content (AvgIpc) is 2.14. The number of hydrogen-bond donors (Lipinski definition) is 1. The zero-order valence-corrected chi connectivity index (χ0v) is 10.5. The maximum Gasteiger partial charge on any atom is 0.336 e. The van der Waals surface area contributed by atoms with E-state index < -0.39 is 15.8 Å². The smallest absolute Gasteiger partial charge is 0.336 e. The summed E-state index contributed by atoms with van der Waals surface area (Å²) < 4.78 is 22.8. The van der Waals surface area contributed by atoms with Crippen LogP contribution in [-0.2, 0) is 9.84 Å². The Balaban J connectivity index is 3.71. The van der Waals surface area contributed by atoms with E-state index in [0.717, 1.165) is 12.3 Å². The van der Waals surface area contributed by atoms with Gasteiger partial charge in [-0.2, -0.15) is 0 Å². The standard InChI is InChI=1S/C11H12O5S/c1-6-9(7(2)12)4-8(17(3,15)16)5-10(6)11(13)14/h4-5H,1-3H3,(H,13,14). The molecular formula is C11H12O5S. The summed E-state index contributed by atoms with van der Waals surface area (Å²) in [6.45, 7) is 2.74. The van der Waals surface area contributed by atoms with Gasteiger partial charge >= 0.3 is 5.97 Å². The zero-order chi connectivity index (χ0) is 13.4. The number of carbonyl (C=O) groups is 2. The second-order valence-electron chi connectivity index (χ2n) is 3.78. The van der Waals surface area contributed by atoms with Crippen LogP contribution in [0.1, 0.15) is 33.2 Å². The number of carboxylic acid groups (broad SMARTS) is 1. The Morgan fingerprint density at radius 3 is 2.00 bits per heavy atom. The Morgan fingerprint density at radius 2 is 1.65 bits per heavy atom. The van der Waals surface area contributed by atoms with Crippen molar-refractivity contribution >= 4 is 21.6 Å². The highest BCUT2D eigenvalue weighted by molar-refractivity contribution is 7.90. The maximum atomic E-state index is 11.4. The molecule has 6 heteroatoms. The Hall–Kier alpha value is -1.69. The number of benzene rings is 1. The fourth-order valence-electron chi connectivity index (χ4n) is 1.49. The molecule has 0 fully saturated rings. The van der Waals surface area contributed by atoms with E-state index in [2.05, 4.69) is 0 Å². The van der Waals surface area contributed by atoms with Gasteiger partial charge in [-0.3, -0.25) is 4.79 Å². The van der Waals surface area contributed by atoms with Crippen LogP contribution in [0.25, 0.3) is 0 Å². The van der Waals surface area contributed by atoms with Gasteiger partial charge in [0.15, 0.2) is 15.6 Å². The molecule has 1 aromatic carbocycles. The minimum absolute atomic E-state index is 0.116. The van der Waals surface area contributed by atoms with Gasteiger partial charge in [-0.05, 0) is 31.5 Å². The summed E-state index contributed by atoms with van der Waals surface area (Å²) >= 11 is 0. The molecule has 0 atom stereocenters.